The van der Waals surface area contributed by atoms with E-state index in [1.165, 1.54) is 5.56 Å². The van der Waals surface area contributed by atoms with Crippen molar-refractivity contribution in [2.75, 3.05) is 5.88 Å². The molecule has 3 aromatic rings. The van der Waals surface area contributed by atoms with Crippen LogP contribution in [0, 0.1) is 6.92 Å². The molecule has 0 aliphatic rings. The molecule has 0 amide bonds. The number of rotatable bonds is 4. The third-order valence-electron chi connectivity index (χ3n) is 3.27. The first-order chi connectivity index (χ1) is 9.29. The van der Waals surface area contributed by atoms with Gasteiger partial charge in [-0.05, 0) is 30.7 Å². The highest BCUT2D eigenvalue weighted by atomic mass is 35.5. The molecule has 2 heterocycles. The lowest BCUT2D eigenvalue weighted by atomic mass is 10.2. The van der Waals surface area contributed by atoms with E-state index in [1.54, 1.807) is 6.26 Å². The molecular formula is C15H15ClN2O. The Balaban J connectivity index is 2.13. The highest BCUT2D eigenvalue weighted by Crippen LogP contribution is 2.21. The van der Waals surface area contributed by atoms with E-state index in [4.69, 9.17) is 21.0 Å². The summed E-state index contributed by atoms with van der Waals surface area (Å²) in [6.07, 6.45) is 2.46. The van der Waals surface area contributed by atoms with E-state index in [-0.39, 0.29) is 0 Å². The number of hydrogen-bond acceptors (Lipinski definition) is 2. The molecule has 3 rings (SSSR count). The fourth-order valence-electron chi connectivity index (χ4n) is 2.35. The summed E-state index contributed by atoms with van der Waals surface area (Å²) in [5.41, 5.74) is 3.37. The van der Waals surface area contributed by atoms with Gasteiger partial charge in [0, 0.05) is 12.3 Å². The maximum Gasteiger partial charge on any atom is 0.123 e. The molecule has 0 aliphatic carbocycles. The van der Waals surface area contributed by atoms with Gasteiger partial charge >= 0.3 is 0 Å². The Hall–Kier alpha value is -1.74. The molecule has 3 nitrogen and oxygen atoms in total. The van der Waals surface area contributed by atoms with Crippen molar-refractivity contribution in [2.24, 2.45) is 0 Å². The second kappa shape index (κ2) is 5.10. The van der Waals surface area contributed by atoms with Crippen LogP contribution >= 0.6 is 11.6 Å². The van der Waals surface area contributed by atoms with Crippen LogP contribution in [0.4, 0.5) is 0 Å². The Labute approximate surface area is 116 Å². The molecule has 98 valence electrons. The van der Waals surface area contributed by atoms with Gasteiger partial charge in [-0.15, -0.1) is 11.6 Å². The maximum atomic E-state index is 5.88. The van der Waals surface area contributed by atoms with Gasteiger partial charge in [-0.2, -0.15) is 0 Å². The molecule has 0 unspecified atom stereocenters. The van der Waals surface area contributed by atoms with E-state index < -0.39 is 0 Å². The molecule has 0 saturated heterocycles. The van der Waals surface area contributed by atoms with Crippen molar-refractivity contribution in [1.82, 2.24) is 9.55 Å². The summed E-state index contributed by atoms with van der Waals surface area (Å²) in [6, 6.07) is 10.1. The van der Waals surface area contributed by atoms with Crippen LogP contribution in [0.1, 0.15) is 17.1 Å². The van der Waals surface area contributed by atoms with Crippen molar-refractivity contribution in [2.45, 2.75) is 19.9 Å². The van der Waals surface area contributed by atoms with Crippen molar-refractivity contribution in [3.05, 3.63) is 53.7 Å². The zero-order valence-corrected chi connectivity index (χ0v) is 11.5. The minimum atomic E-state index is 0.570. The number of hydrogen-bond donors (Lipinski definition) is 0. The molecule has 0 atom stereocenters. The first kappa shape index (κ1) is 12.3. The van der Waals surface area contributed by atoms with Gasteiger partial charge in [-0.25, -0.2) is 4.98 Å². The summed E-state index contributed by atoms with van der Waals surface area (Å²) in [7, 11) is 0. The van der Waals surface area contributed by atoms with E-state index >= 15 is 0 Å². The molecule has 4 heteroatoms. The summed E-state index contributed by atoms with van der Waals surface area (Å²) in [5.74, 6) is 2.51. The molecule has 0 aliphatic heterocycles. The molecule has 0 N–H and O–H groups in total. The summed E-state index contributed by atoms with van der Waals surface area (Å²) >= 11 is 5.88. The normalized spacial score (nSPS) is 11.3. The minimum Gasteiger partial charge on any atom is -0.467 e. The predicted octanol–water partition coefficient (Wildman–Crippen LogP) is 3.77. The van der Waals surface area contributed by atoms with Gasteiger partial charge in [0.1, 0.15) is 11.6 Å². The van der Waals surface area contributed by atoms with Crippen LogP contribution in [0.2, 0.25) is 0 Å². The number of alkyl halides is 1. The number of benzene rings is 1. The Morgan fingerprint density at radius 2 is 2.16 bits per heavy atom. The fraction of sp³-hybridized carbons (Fsp3) is 0.267. The third kappa shape index (κ3) is 2.26. The molecule has 0 fully saturated rings. The molecule has 0 radical (unpaired) electrons. The van der Waals surface area contributed by atoms with Gasteiger partial charge in [0.25, 0.3) is 0 Å². The van der Waals surface area contributed by atoms with Gasteiger partial charge < -0.3 is 8.98 Å². The summed E-state index contributed by atoms with van der Waals surface area (Å²) in [5, 5.41) is 0. The second-order valence-electron chi connectivity index (χ2n) is 4.58. The van der Waals surface area contributed by atoms with Gasteiger partial charge in [0.2, 0.25) is 0 Å². The fourth-order valence-corrected chi connectivity index (χ4v) is 2.51. The molecule has 19 heavy (non-hydrogen) atoms. The second-order valence-corrected chi connectivity index (χ2v) is 4.95. The number of nitrogens with zero attached hydrogens (tertiary/aromatic N) is 2. The van der Waals surface area contributed by atoms with Gasteiger partial charge in [0.05, 0.1) is 23.8 Å². The third-order valence-corrected chi connectivity index (χ3v) is 3.46. The zero-order chi connectivity index (χ0) is 13.2. The Kier molecular flexibility index (Phi) is 3.30. The molecule has 0 bridgehead atoms. The molecule has 0 saturated carbocycles. The maximum absolute atomic E-state index is 5.88. The monoisotopic (exact) mass is 274 g/mol. The number of aromatic nitrogens is 2. The lowest BCUT2D eigenvalue weighted by Crippen LogP contribution is -2.05. The molecule has 1 aromatic carbocycles. The largest absolute Gasteiger partial charge is 0.467 e. The highest BCUT2D eigenvalue weighted by Gasteiger charge is 2.12. The minimum absolute atomic E-state index is 0.570. The number of fused-ring (bicyclic) bond motifs is 1. The topological polar surface area (TPSA) is 31.0 Å². The predicted molar refractivity (Wildman–Crippen MR) is 76.7 cm³/mol. The lowest BCUT2D eigenvalue weighted by Gasteiger charge is -2.06. The van der Waals surface area contributed by atoms with E-state index in [0.717, 1.165) is 29.0 Å². The van der Waals surface area contributed by atoms with Crippen molar-refractivity contribution in [3.8, 4) is 0 Å². The highest BCUT2D eigenvalue weighted by molar-refractivity contribution is 6.17. The number of furan rings is 1. The number of halogens is 1. The van der Waals surface area contributed by atoms with Crippen molar-refractivity contribution in [3.63, 3.8) is 0 Å². The van der Waals surface area contributed by atoms with Gasteiger partial charge in [-0.3, -0.25) is 0 Å². The van der Waals surface area contributed by atoms with E-state index in [9.17, 15) is 0 Å². The average molecular weight is 275 g/mol. The van der Waals surface area contributed by atoms with Crippen LogP contribution in [0.3, 0.4) is 0 Å². The molecule has 2 aromatic heterocycles. The van der Waals surface area contributed by atoms with Crippen molar-refractivity contribution >= 4 is 22.6 Å². The van der Waals surface area contributed by atoms with Crippen LogP contribution in [0.15, 0.2) is 41.0 Å². The standard InChI is InChI=1S/C15H15ClN2O/c1-11-4-2-6-13-15(11)17-14(7-8-16)18(13)10-12-5-3-9-19-12/h2-6,9H,7-8,10H2,1H3. The van der Waals surface area contributed by atoms with Crippen LogP contribution in [0.5, 0.6) is 0 Å². The first-order valence-electron chi connectivity index (χ1n) is 6.32. The summed E-state index contributed by atoms with van der Waals surface area (Å²) < 4.78 is 7.62. The first-order valence-corrected chi connectivity index (χ1v) is 6.86. The zero-order valence-electron chi connectivity index (χ0n) is 10.8. The van der Waals surface area contributed by atoms with E-state index in [0.29, 0.717) is 12.4 Å². The SMILES string of the molecule is Cc1cccc2c1nc(CCCl)n2Cc1ccco1. The quantitative estimate of drug-likeness (QED) is 0.678. The van der Waals surface area contributed by atoms with Crippen molar-refractivity contribution < 1.29 is 4.42 Å². The Morgan fingerprint density at radius 3 is 2.89 bits per heavy atom. The van der Waals surface area contributed by atoms with Crippen LogP contribution in [-0.2, 0) is 13.0 Å². The molecule has 0 spiro atoms. The Morgan fingerprint density at radius 1 is 1.26 bits per heavy atom. The molecular weight excluding hydrogens is 260 g/mol. The van der Waals surface area contributed by atoms with Gasteiger partial charge in [-0.1, -0.05) is 12.1 Å². The lowest BCUT2D eigenvalue weighted by molar-refractivity contribution is 0.492. The Bertz CT molecular complexity index is 686. The van der Waals surface area contributed by atoms with E-state index in [1.807, 2.05) is 12.1 Å². The van der Waals surface area contributed by atoms with Crippen molar-refractivity contribution in [1.29, 1.82) is 0 Å². The average Bonchev–Trinajstić information content (AvgIpc) is 3.01. The van der Waals surface area contributed by atoms with Gasteiger partial charge in [0.15, 0.2) is 0 Å². The van der Waals surface area contributed by atoms with Crippen LogP contribution < -0.4 is 0 Å². The smallest absolute Gasteiger partial charge is 0.123 e. The van der Waals surface area contributed by atoms with Crippen LogP contribution in [0.25, 0.3) is 11.0 Å². The number of para-hydroxylation sites is 1. The summed E-state index contributed by atoms with van der Waals surface area (Å²) in [4.78, 5) is 4.72. The van der Waals surface area contributed by atoms with Crippen LogP contribution in [-0.4, -0.2) is 15.4 Å². The number of aryl methyl sites for hydroxylation is 2. The van der Waals surface area contributed by atoms with E-state index in [2.05, 4.69) is 29.7 Å². The summed E-state index contributed by atoms with van der Waals surface area (Å²) in [6.45, 7) is 2.77. The number of imidazole rings is 1.